The summed E-state index contributed by atoms with van der Waals surface area (Å²) < 4.78 is 0. The highest BCUT2D eigenvalue weighted by molar-refractivity contribution is 6.35. The first-order valence-electron chi connectivity index (χ1n) is 7.08. The molecule has 0 saturated carbocycles. The fraction of sp³-hybridized carbons (Fsp3) is 0.375. The molecule has 1 aromatic carbocycles. The van der Waals surface area contributed by atoms with Gasteiger partial charge in [0.1, 0.15) is 0 Å². The quantitative estimate of drug-likeness (QED) is 0.807. The number of halogens is 2. The van der Waals surface area contributed by atoms with E-state index >= 15 is 0 Å². The molecule has 0 bridgehead atoms. The fourth-order valence-electron chi connectivity index (χ4n) is 2.55. The largest absolute Gasteiger partial charge is 0.481 e. The number of carbonyl (C=O) groups excluding carboxylic acids is 1. The normalized spacial score (nSPS) is 20.6. The molecule has 0 fully saturated rings. The molecule has 0 unspecified atom stereocenters. The Morgan fingerprint density at radius 2 is 1.86 bits per heavy atom. The van der Waals surface area contributed by atoms with Crippen molar-refractivity contribution < 1.29 is 14.7 Å². The van der Waals surface area contributed by atoms with Gasteiger partial charge in [-0.15, -0.1) is 0 Å². The zero-order valence-corrected chi connectivity index (χ0v) is 13.4. The van der Waals surface area contributed by atoms with E-state index in [1.165, 1.54) is 0 Å². The van der Waals surface area contributed by atoms with Crippen LogP contribution in [0.25, 0.3) is 0 Å². The van der Waals surface area contributed by atoms with Crippen molar-refractivity contribution in [2.45, 2.75) is 19.3 Å². The molecule has 1 aliphatic carbocycles. The van der Waals surface area contributed by atoms with E-state index in [0.29, 0.717) is 35.9 Å². The molecule has 2 atom stereocenters. The van der Waals surface area contributed by atoms with Crippen molar-refractivity contribution in [1.29, 1.82) is 0 Å². The molecule has 2 rings (SSSR count). The van der Waals surface area contributed by atoms with Crippen LogP contribution < -0.4 is 5.32 Å². The molecule has 0 aromatic heterocycles. The van der Waals surface area contributed by atoms with Crippen molar-refractivity contribution >= 4 is 35.1 Å². The highest BCUT2D eigenvalue weighted by atomic mass is 35.5. The maximum absolute atomic E-state index is 12.2. The Balaban J connectivity index is 1.89. The van der Waals surface area contributed by atoms with Gasteiger partial charge in [-0.2, -0.15) is 0 Å². The fourth-order valence-corrected chi connectivity index (χ4v) is 3.06. The summed E-state index contributed by atoms with van der Waals surface area (Å²) >= 11 is 11.9. The Kier molecular flexibility index (Phi) is 5.86. The molecule has 22 heavy (non-hydrogen) atoms. The zero-order chi connectivity index (χ0) is 16.1. The van der Waals surface area contributed by atoms with Gasteiger partial charge in [-0.1, -0.05) is 41.4 Å². The Morgan fingerprint density at radius 3 is 2.50 bits per heavy atom. The summed E-state index contributed by atoms with van der Waals surface area (Å²) in [6.45, 7) is 0.409. The van der Waals surface area contributed by atoms with Gasteiger partial charge in [-0.25, -0.2) is 0 Å². The lowest BCUT2D eigenvalue weighted by Crippen LogP contribution is -2.39. The number of allylic oxidation sites excluding steroid dienone is 2. The zero-order valence-electron chi connectivity index (χ0n) is 11.9. The van der Waals surface area contributed by atoms with E-state index in [-0.39, 0.29) is 5.91 Å². The third-order valence-corrected chi connectivity index (χ3v) is 4.38. The van der Waals surface area contributed by atoms with Crippen LogP contribution in [0, 0.1) is 11.8 Å². The first kappa shape index (κ1) is 16.8. The molecular weight excluding hydrogens is 325 g/mol. The lowest BCUT2D eigenvalue weighted by Gasteiger charge is -2.24. The lowest BCUT2D eigenvalue weighted by molar-refractivity contribution is -0.147. The number of aliphatic carboxylic acids is 1. The van der Waals surface area contributed by atoms with Crippen LogP contribution in [0.3, 0.4) is 0 Å². The number of carbonyl (C=O) groups is 2. The molecule has 1 amide bonds. The molecule has 2 N–H and O–H groups in total. The summed E-state index contributed by atoms with van der Waals surface area (Å²) in [6.07, 6.45) is 5.11. The predicted molar refractivity (Wildman–Crippen MR) is 86.2 cm³/mol. The molecule has 118 valence electrons. The summed E-state index contributed by atoms with van der Waals surface area (Å²) in [5.41, 5.74) is 0.893. The average molecular weight is 342 g/mol. The maximum atomic E-state index is 12.2. The van der Waals surface area contributed by atoms with Crippen LogP contribution in [0.15, 0.2) is 30.4 Å². The van der Waals surface area contributed by atoms with Gasteiger partial charge in [0.25, 0.3) is 0 Å². The number of hydrogen-bond donors (Lipinski definition) is 2. The topological polar surface area (TPSA) is 66.4 Å². The number of carboxylic acid groups (broad SMARTS) is 1. The van der Waals surface area contributed by atoms with Crippen molar-refractivity contribution in [3.05, 3.63) is 46.0 Å². The van der Waals surface area contributed by atoms with E-state index in [0.717, 1.165) is 5.56 Å². The van der Waals surface area contributed by atoms with Crippen LogP contribution in [0.5, 0.6) is 0 Å². The Labute approximate surface area is 139 Å². The molecule has 0 radical (unpaired) electrons. The molecule has 0 spiro atoms. The van der Waals surface area contributed by atoms with Gasteiger partial charge in [0.15, 0.2) is 0 Å². The number of amides is 1. The van der Waals surface area contributed by atoms with E-state index in [1.807, 2.05) is 18.2 Å². The van der Waals surface area contributed by atoms with E-state index in [1.54, 1.807) is 12.1 Å². The smallest absolute Gasteiger partial charge is 0.307 e. The van der Waals surface area contributed by atoms with Gasteiger partial charge < -0.3 is 10.4 Å². The number of carboxylic acids is 1. The SMILES string of the molecule is O=C(NCCc1ccc(Cl)cc1Cl)[C@H]1CC=CC[C@H]1C(=O)O. The third-order valence-electron chi connectivity index (χ3n) is 3.80. The Morgan fingerprint density at radius 1 is 1.18 bits per heavy atom. The van der Waals surface area contributed by atoms with Crippen LogP contribution in [-0.2, 0) is 16.0 Å². The van der Waals surface area contributed by atoms with Crippen LogP contribution in [0.1, 0.15) is 18.4 Å². The van der Waals surface area contributed by atoms with E-state index in [4.69, 9.17) is 23.2 Å². The molecule has 1 aromatic rings. The second-order valence-electron chi connectivity index (χ2n) is 5.27. The molecule has 1 aliphatic rings. The summed E-state index contributed by atoms with van der Waals surface area (Å²) in [5, 5.41) is 13.1. The molecule has 0 heterocycles. The molecule has 0 aliphatic heterocycles. The molecular formula is C16H17Cl2NO3. The Bertz CT molecular complexity index is 601. The summed E-state index contributed by atoms with van der Waals surface area (Å²) in [7, 11) is 0. The Hall–Kier alpha value is -1.52. The van der Waals surface area contributed by atoms with Crippen LogP contribution >= 0.6 is 23.2 Å². The van der Waals surface area contributed by atoms with Gasteiger partial charge >= 0.3 is 5.97 Å². The van der Waals surface area contributed by atoms with E-state index in [9.17, 15) is 14.7 Å². The monoisotopic (exact) mass is 341 g/mol. The van der Waals surface area contributed by atoms with Gasteiger partial charge in [0.05, 0.1) is 11.8 Å². The number of nitrogens with one attached hydrogen (secondary N) is 1. The molecule has 4 nitrogen and oxygen atoms in total. The second-order valence-corrected chi connectivity index (χ2v) is 6.11. The number of benzene rings is 1. The summed E-state index contributed by atoms with van der Waals surface area (Å²) in [5.74, 6) is -2.31. The predicted octanol–water partition coefficient (Wildman–Crippen LogP) is 3.32. The van der Waals surface area contributed by atoms with E-state index in [2.05, 4.69) is 5.32 Å². The molecule has 6 heteroatoms. The van der Waals surface area contributed by atoms with Gasteiger partial charge in [-0.05, 0) is 37.0 Å². The highest BCUT2D eigenvalue weighted by Crippen LogP contribution is 2.26. The van der Waals surface area contributed by atoms with Crippen molar-refractivity contribution in [3.63, 3.8) is 0 Å². The number of rotatable bonds is 5. The van der Waals surface area contributed by atoms with Crippen molar-refractivity contribution in [3.8, 4) is 0 Å². The van der Waals surface area contributed by atoms with Crippen molar-refractivity contribution in [1.82, 2.24) is 5.32 Å². The lowest BCUT2D eigenvalue weighted by atomic mass is 9.82. The minimum atomic E-state index is -0.926. The van der Waals surface area contributed by atoms with E-state index < -0.39 is 17.8 Å². The van der Waals surface area contributed by atoms with Gasteiger partial charge in [-0.3, -0.25) is 9.59 Å². The first-order chi connectivity index (χ1) is 10.5. The maximum Gasteiger partial charge on any atom is 0.307 e. The molecule has 0 saturated heterocycles. The highest BCUT2D eigenvalue weighted by Gasteiger charge is 2.33. The number of hydrogen-bond acceptors (Lipinski definition) is 2. The van der Waals surface area contributed by atoms with Gasteiger partial charge in [0, 0.05) is 16.6 Å². The van der Waals surface area contributed by atoms with Crippen molar-refractivity contribution in [2.24, 2.45) is 11.8 Å². The third kappa shape index (κ3) is 4.24. The van der Waals surface area contributed by atoms with Crippen LogP contribution in [0.2, 0.25) is 10.0 Å². The summed E-state index contributed by atoms with van der Waals surface area (Å²) in [4.78, 5) is 23.4. The minimum absolute atomic E-state index is 0.221. The first-order valence-corrected chi connectivity index (χ1v) is 7.84. The average Bonchev–Trinajstić information content (AvgIpc) is 2.49. The van der Waals surface area contributed by atoms with Gasteiger partial charge in [0.2, 0.25) is 5.91 Å². The minimum Gasteiger partial charge on any atom is -0.481 e. The van der Waals surface area contributed by atoms with Crippen LogP contribution in [-0.4, -0.2) is 23.5 Å². The van der Waals surface area contributed by atoms with Crippen LogP contribution in [0.4, 0.5) is 0 Å². The van der Waals surface area contributed by atoms with Crippen molar-refractivity contribution in [2.75, 3.05) is 6.54 Å². The second kappa shape index (κ2) is 7.65. The summed E-state index contributed by atoms with van der Waals surface area (Å²) in [6, 6.07) is 5.23. The standard InChI is InChI=1S/C16H17Cl2NO3/c17-11-6-5-10(14(18)9-11)7-8-19-15(20)12-3-1-2-4-13(12)16(21)22/h1-2,5-6,9,12-13H,3-4,7-8H2,(H,19,20)(H,21,22)/t12-,13+/m0/s1.